The molecule has 6 heteroatoms. The van der Waals surface area contributed by atoms with E-state index in [0.29, 0.717) is 22.7 Å². The maximum atomic E-state index is 12.1. The van der Waals surface area contributed by atoms with E-state index < -0.39 is 6.10 Å². The van der Waals surface area contributed by atoms with E-state index in [1.54, 1.807) is 14.0 Å². The Kier molecular flexibility index (Phi) is 4.60. The number of rotatable bonds is 4. The molecule has 1 aromatic heterocycles. The molecule has 1 atom stereocenters. The fraction of sp³-hybridized carbons (Fsp3) is 0.312. The number of amides is 1. The maximum Gasteiger partial charge on any atom is 0.254 e. The average Bonchev–Trinajstić information content (AvgIpc) is 2.45. The van der Waals surface area contributed by atoms with Crippen molar-refractivity contribution in [1.82, 2.24) is 15.3 Å². The summed E-state index contributed by atoms with van der Waals surface area (Å²) in [5, 5.41) is 2.59. The molecule has 1 unspecified atom stereocenters. The van der Waals surface area contributed by atoms with E-state index in [2.05, 4.69) is 15.3 Å². The van der Waals surface area contributed by atoms with Gasteiger partial charge in [-0.05, 0) is 38.5 Å². The Morgan fingerprint density at radius 2 is 2.05 bits per heavy atom. The molecule has 1 heterocycles. The number of aromatic nitrogens is 2. The number of ether oxygens (including phenoxy) is 1. The normalized spacial score (nSPS) is 11.8. The number of carbonyl (C=O) groups excluding carboxylic acids is 1. The van der Waals surface area contributed by atoms with Crippen molar-refractivity contribution in [3.05, 3.63) is 46.8 Å². The molecule has 1 amide bonds. The summed E-state index contributed by atoms with van der Waals surface area (Å²) in [5.74, 6) is 0.581. The smallest absolute Gasteiger partial charge is 0.254 e. The number of hydrogen-bond donors (Lipinski definition) is 2. The summed E-state index contributed by atoms with van der Waals surface area (Å²) >= 11 is 0. The summed E-state index contributed by atoms with van der Waals surface area (Å²) in [6.07, 6.45) is -0.432. The second-order valence-corrected chi connectivity index (χ2v) is 5.08. The van der Waals surface area contributed by atoms with Gasteiger partial charge in [0.15, 0.2) is 0 Å². The Hall–Kier alpha value is -2.63. The zero-order valence-electron chi connectivity index (χ0n) is 13.2. The number of nitrogens with zero attached hydrogens (tertiary/aromatic N) is 2. The lowest BCUT2D eigenvalue weighted by Gasteiger charge is -2.18. The zero-order chi connectivity index (χ0) is 16.3. The number of carbonyl (C=O) groups is 1. The predicted molar refractivity (Wildman–Crippen MR) is 84.8 cm³/mol. The Labute approximate surface area is 129 Å². The molecule has 0 spiro atoms. The highest BCUT2D eigenvalue weighted by Gasteiger charge is 2.22. The first-order valence-electron chi connectivity index (χ1n) is 7.01. The molecule has 0 saturated heterocycles. The number of anilines is 1. The van der Waals surface area contributed by atoms with Crippen molar-refractivity contribution in [2.45, 2.75) is 26.9 Å². The van der Waals surface area contributed by atoms with Gasteiger partial charge in [0.25, 0.3) is 5.91 Å². The third-order valence-corrected chi connectivity index (χ3v) is 3.28. The highest BCUT2D eigenvalue weighted by Crippen LogP contribution is 2.25. The van der Waals surface area contributed by atoms with E-state index in [4.69, 9.17) is 10.5 Å². The zero-order valence-corrected chi connectivity index (χ0v) is 13.2. The van der Waals surface area contributed by atoms with Crippen LogP contribution < -0.4 is 15.8 Å². The fourth-order valence-corrected chi connectivity index (χ4v) is 2.27. The minimum Gasteiger partial charge on any atom is -0.484 e. The number of aryl methyl sites for hydroxylation is 2. The molecule has 3 N–H and O–H groups in total. The highest BCUT2D eigenvalue weighted by atomic mass is 16.5. The molecule has 0 radical (unpaired) electrons. The minimum absolute atomic E-state index is 0.125. The summed E-state index contributed by atoms with van der Waals surface area (Å²) in [6.45, 7) is 5.54. The van der Waals surface area contributed by atoms with Gasteiger partial charge in [-0.2, -0.15) is 0 Å². The van der Waals surface area contributed by atoms with Gasteiger partial charge in [-0.25, -0.2) is 9.97 Å². The van der Waals surface area contributed by atoms with Crippen LogP contribution in [0, 0.1) is 13.8 Å². The molecule has 0 saturated carbocycles. The Morgan fingerprint density at radius 3 is 2.68 bits per heavy atom. The molecule has 116 valence electrons. The van der Waals surface area contributed by atoms with Crippen LogP contribution in [-0.4, -0.2) is 22.9 Å². The molecular weight excluding hydrogens is 280 g/mol. The maximum absolute atomic E-state index is 12.1. The highest BCUT2D eigenvalue weighted by molar-refractivity contribution is 5.96. The fourth-order valence-electron chi connectivity index (χ4n) is 2.27. The SMILES string of the molecule is CNC(=O)c1c(C)nc(N)nc1C(C)Oc1cccc(C)c1. The Bertz CT molecular complexity index is 701. The van der Waals surface area contributed by atoms with Gasteiger partial charge in [-0.15, -0.1) is 0 Å². The van der Waals surface area contributed by atoms with Crippen molar-refractivity contribution in [2.75, 3.05) is 12.8 Å². The largest absolute Gasteiger partial charge is 0.484 e. The Morgan fingerprint density at radius 1 is 1.32 bits per heavy atom. The van der Waals surface area contributed by atoms with Crippen LogP contribution in [0.4, 0.5) is 5.95 Å². The van der Waals surface area contributed by atoms with Crippen LogP contribution in [0.1, 0.15) is 40.3 Å². The van der Waals surface area contributed by atoms with Gasteiger partial charge in [0.1, 0.15) is 11.9 Å². The van der Waals surface area contributed by atoms with E-state index >= 15 is 0 Å². The van der Waals surface area contributed by atoms with E-state index in [9.17, 15) is 4.79 Å². The van der Waals surface area contributed by atoms with Crippen molar-refractivity contribution in [3.63, 3.8) is 0 Å². The molecule has 2 rings (SSSR count). The lowest BCUT2D eigenvalue weighted by Crippen LogP contribution is -2.24. The summed E-state index contributed by atoms with van der Waals surface area (Å²) < 4.78 is 5.90. The summed E-state index contributed by atoms with van der Waals surface area (Å²) in [7, 11) is 1.56. The van der Waals surface area contributed by atoms with Crippen molar-refractivity contribution in [1.29, 1.82) is 0 Å². The van der Waals surface area contributed by atoms with Crippen LogP contribution in [0.2, 0.25) is 0 Å². The Balaban J connectivity index is 2.40. The van der Waals surface area contributed by atoms with E-state index in [-0.39, 0.29) is 11.9 Å². The van der Waals surface area contributed by atoms with Crippen molar-refractivity contribution >= 4 is 11.9 Å². The lowest BCUT2D eigenvalue weighted by atomic mass is 10.1. The van der Waals surface area contributed by atoms with Crippen LogP contribution in [0.5, 0.6) is 5.75 Å². The summed E-state index contributed by atoms with van der Waals surface area (Å²) in [4.78, 5) is 20.3. The molecule has 1 aromatic carbocycles. The lowest BCUT2D eigenvalue weighted by molar-refractivity contribution is 0.0956. The first kappa shape index (κ1) is 15.8. The van der Waals surface area contributed by atoms with Gasteiger partial charge in [0.2, 0.25) is 5.95 Å². The van der Waals surface area contributed by atoms with E-state index in [1.807, 2.05) is 38.1 Å². The first-order chi connectivity index (χ1) is 10.4. The summed E-state index contributed by atoms with van der Waals surface area (Å²) in [6, 6.07) is 7.69. The molecule has 0 fully saturated rings. The first-order valence-corrected chi connectivity index (χ1v) is 7.01. The quantitative estimate of drug-likeness (QED) is 0.903. The van der Waals surface area contributed by atoms with Gasteiger partial charge in [-0.3, -0.25) is 4.79 Å². The third-order valence-electron chi connectivity index (χ3n) is 3.28. The van der Waals surface area contributed by atoms with Crippen LogP contribution in [-0.2, 0) is 0 Å². The van der Waals surface area contributed by atoms with Crippen LogP contribution in [0.3, 0.4) is 0 Å². The van der Waals surface area contributed by atoms with Crippen molar-refractivity contribution < 1.29 is 9.53 Å². The van der Waals surface area contributed by atoms with E-state index in [1.165, 1.54) is 0 Å². The topological polar surface area (TPSA) is 90.1 Å². The number of nitrogens with two attached hydrogens (primary N) is 1. The predicted octanol–water partition coefficient (Wildman–Crippen LogP) is 2.18. The second-order valence-electron chi connectivity index (χ2n) is 5.08. The third kappa shape index (κ3) is 3.33. The molecule has 6 nitrogen and oxygen atoms in total. The number of hydrogen-bond acceptors (Lipinski definition) is 5. The monoisotopic (exact) mass is 300 g/mol. The number of benzene rings is 1. The van der Waals surface area contributed by atoms with Crippen LogP contribution in [0.15, 0.2) is 24.3 Å². The summed E-state index contributed by atoms with van der Waals surface area (Å²) in [5.41, 5.74) is 8.21. The molecule has 0 aliphatic heterocycles. The van der Waals surface area contributed by atoms with Gasteiger partial charge in [0.05, 0.1) is 17.0 Å². The molecule has 2 aromatic rings. The standard InChI is InChI=1S/C16H20N4O2/c1-9-6-5-7-12(8-9)22-11(3)14-13(15(21)18-4)10(2)19-16(17)20-14/h5-8,11H,1-4H3,(H,18,21)(H2,17,19,20). The molecule has 0 bridgehead atoms. The van der Waals surface area contributed by atoms with Gasteiger partial charge in [-0.1, -0.05) is 12.1 Å². The van der Waals surface area contributed by atoms with Crippen LogP contribution in [0.25, 0.3) is 0 Å². The van der Waals surface area contributed by atoms with Gasteiger partial charge < -0.3 is 15.8 Å². The number of nitrogen functional groups attached to an aromatic ring is 1. The second kappa shape index (κ2) is 6.43. The van der Waals surface area contributed by atoms with Crippen molar-refractivity contribution in [2.24, 2.45) is 0 Å². The molecular formula is C16H20N4O2. The average molecular weight is 300 g/mol. The molecule has 0 aliphatic carbocycles. The number of nitrogens with one attached hydrogen (secondary N) is 1. The van der Waals surface area contributed by atoms with E-state index in [0.717, 1.165) is 5.56 Å². The molecule has 22 heavy (non-hydrogen) atoms. The van der Waals surface area contributed by atoms with Crippen LogP contribution >= 0.6 is 0 Å². The van der Waals surface area contributed by atoms with Crippen molar-refractivity contribution in [3.8, 4) is 5.75 Å². The minimum atomic E-state index is -0.432. The van der Waals surface area contributed by atoms with Gasteiger partial charge >= 0.3 is 0 Å². The van der Waals surface area contributed by atoms with Gasteiger partial charge in [0, 0.05) is 7.05 Å². The molecule has 0 aliphatic rings.